The van der Waals surface area contributed by atoms with Crippen LogP contribution in [0.15, 0.2) is 24.4 Å². The number of thiazole rings is 1. The fraction of sp³-hybridized carbons (Fsp3) is 0.0909. The van der Waals surface area contributed by atoms with Gasteiger partial charge in [0, 0.05) is 12.1 Å². The number of rotatable bonds is 2. The number of anilines is 1. The van der Waals surface area contributed by atoms with E-state index in [2.05, 4.69) is 20.5 Å². The molecule has 19 heavy (non-hydrogen) atoms. The van der Waals surface area contributed by atoms with Crippen molar-refractivity contribution in [3.63, 3.8) is 0 Å². The van der Waals surface area contributed by atoms with E-state index in [1.165, 1.54) is 22.3 Å². The predicted molar refractivity (Wildman–Crippen MR) is 73.6 cm³/mol. The maximum atomic E-state index is 11.9. The molecule has 0 aliphatic rings. The number of carbonyl (C=O) groups is 1. The van der Waals surface area contributed by atoms with Gasteiger partial charge in [-0.25, -0.2) is 4.98 Å². The number of amides is 1. The second-order valence-electron chi connectivity index (χ2n) is 3.80. The third-order valence-corrected chi connectivity index (χ3v) is 3.57. The lowest BCUT2D eigenvalue weighted by atomic mass is 10.3. The van der Waals surface area contributed by atoms with E-state index in [4.69, 9.17) is 11.6 Å². The van der Waals surface area contributed by atoms with Crippen LogP contribution >= 0.6 is 22.9 Å². The molecule has 96 valence electrons. The number of nitrogens with zero attached hydrogens (tertiary/aromatic N) is 4. The van der Waals surface area contributed by atoms with Gasteiger partial charge in [-0.3, -0.25) is 10.1 Å². The second kappa shape index (κ2) is 4.60. The van der Waals surface area contributed by atoms with Gasteiger partial charge in [-0.1, -0.05) is 22.9 Å². The van der Waals surface area contributed by atoms with Gasteiger partial charge in [0.25, 0.3) is 5.91 Å². The van der Waals surface area contributed by atoms with Crippen LogP contribution in [0, 0.1) is 0 Å². The Balaban J connectivity index is 1.87. The fourth-order valence-corrected chi connectivity index (χ4v) is 2.70. The number of aryl methyl sites for hydroxylation is 1. The van der Waals surface area contributed by atoms with E-state index in [-0.39, 0.29) is 11.6 Å². The van der Waals surface area contributed by atoms with Crippen molar-refractivity contribution in [2.24, 2.45) is 7.05 Å². The summed E-state index contributed by atoms with van der Waals surface area (Å²) in [6, 6.07) is 5.39. The number of carbonyl (C=O) groups excluding carboxylic acids is 1. The molecule has 0 aliphatic heterocycles. The quantitative estimate of drug-likeness (QED) is 0.787. The zero-order valence-corrected chi connectivity index (χ0v) is 11.4. The number of aromatic nitrogens is 4. The SMILES string of the molecule is Cn1ncc(C(=O)Nc2nc3ccc(Cl)cc3s2)n1. The fourth-order valence-electron chi connectivity index (χ4n) is 1.56. The van der Waals surface area contributed by atoms with Crippen LogP contribution in [0.4, 0.5) is 5.13 Å². The molecule has 2 aromatic heterocycles. The first-order valence-corrected chi connectivity index (χ1v) is 6.55. The van der Waals surface area contributed by atoms with Crippen LogP contribution in [0.5, 0.6) is 0 Å². The van der Waals surface area contributed by atoms with Crippen LogP contribution < -0.4 is 5.32 Å². The van der Waals surface area contributed by atoms with Gasteiger partial charge < -0.3 is 0 Å². The molecule has 1 aromatic carbocycles. The topological polar surface area (TPSA) is 72.7 Å². The predicted octanol–water partition coefficient (Wildman–Crippen LogP) is 2.33. The molecule has 8 heteroatoms. The van der Waals surface area contributed by atoms with Crippen LogP contribution in [-0.4, -0.2) is 25.9 Å². The summed E-state index contributed by atoms with van der Waals surface area (Å²) in [5.74, 6) is -0.335. The van der Waals surface area contributed by atoms with Crippen LogP contribution in [0.3, 0.4) is 0 Å². The van der Waals surface area contributed by atoms with Gasteiger partial charge in [0.1, 0.15) is 0 Å². The molecule has 0 fully saturated rings. The van der Waals surface area contributed by atoms with Crippen molar-refractivity contribution >= 4 is 44.2 Å². The Labute approximate surface area is 117 Å². The van der Waals surface area contributed by atoms with E-state index >= 15 is 0 Å². The Kier molecular flexibility index (Phi) is 2.92. The lowest BCUT2D eigenvalue weighted by Crippen LogP contribution is -2.12. The molecule has 2 heterocycles. The summed E-state index contributed by atoms with van der Waals surface area (Å²) >= 11 is 7.26. The van der Waals surface area contributed by atoms with Gasteiger partial charge in [0.2, 0.25) is 0 Å². The van der Waals surface area contributed by atoms with Crippen molar-refractivity contribution in [2.45, 2.75) is 0 Å². The standard InChI is InChI=1S/C11H8ClN5OS/c1-17-13-5-8(16-17)10(18)15-11-14-7-3-2-6(12)4-9(7)19-11/h2-5H,1H3,(H,14,15,18). The maximum Gasteiger partial charge on any atom is 0.279 e. The third kappa shape index (κ3) is 2.42. The minimum absolute atomic E-state index is 0.250. The Hall–Kier alpha value is -1.99. The van der Waals surface area contributed by atoms with Crippen LogP contribution in [-0.2, 0) is 7.05 Å². The lowest BCUT2D eigenvalue weighted by Gasteiger charge is -1.95. The molecule has 0 radical (unpaired) electrons. The van der Waals surface area contributed by atoms with Crippen molar-refractivity contribution in [3.05, 3.63) is 35.1 Å². The van der Waals surface area contributed by atoms with E-state index in [9.17, 15) is 4.79 Å². The Morgan fingerprint density at radius 2 is 2.32 bits per heavy atom. The van der Waals surface area contributed by atoms with E-state index in [0.29, 0.717) is 10.2 Å². The molecular weight excluding hydrogens is 286 g/mol. The molecule has 0 aliphatic carbocycles. The van der Waals surface area contributed by atoms with E-state index in [0.717, 1.165) is 10.2 Å². The van der Waals surface area contributed by atoms with Crippen molar-refractivity contribution in [1.29, 1.82) is 0 Å². The zero-order chi connectivity index (χ0) is 13.4. The zero-order valence-electron chi connectivity index (χ0n) is 9.79. The number of halogens is 1. The third-order valence-electron chi connectivity index (χ3n) is 2.40. The summed E-state index contributed by atoms with van der Waals surface area (Å²) in [6.45, 7) is 0. The smallest absolute Gasteiger partial charge is 0.279 e. The van der Waals surface area contributed by atoms with Gasteiger partial charge in [-0.05, 0) is 18.2 Å². The largest absolute Gasteiger partial charge is 0.296 e. The molecule has 0 saturated carbocycles. The van der Waals surface area contributed by atoms with E-state index in [1.54, 1.807) is 13.1 Å². The van der Waals surface area contributed by atoms with Gasteiger partial charge >= 0.3 is 0 Å². The number of benzene rings is 1. The highest BCUT2D eigenvalue weighted by Gasteiger charge is 2.12. The summed E-state index contributed by atoms with van der Waals surface area (Å²) in [5.41, 5.74) is 1.05. The minimum Gasteiger partial charge on any atom is -0.296 e. The van der Waals surface area contributed by atoms with Crippen molar-refractivity contribution in [2.75, 3.05) is 5.32 Å². The van der Waals surface area contributed by atoms with Gasteiger partial charge in [-0.15, -0.1) is 5.10 Å². The molecular formula is C11H8ClN5OS. The molecule has 3 rings (SSSR count). The van der Waals surface area contributed by atoms with Crippen LogP contribution in [0.25, 0.3) is 10.2 Å². The maximum absolute atomic E-state index is 11.9. The molecule has 1 N–H and O–H groups in total. The summed E-state index contributed by atoms with van der Waals surface area (Å²) in [5, 5.41) is 11.6. The average Bonchev–Trinajstić information content (AvgIpc) is 2.94. The summed E-state index contributed by atoms with van der Waals surface area (Å²) in [6.07, 6.45) is 1.40. The van der Waals surface area contributed by atoms with Gasteiger partial charge in [0.15, 0.2) is 10.8 Å². The Morgan fingerprint density at radius 1 is 1.47 bits per heavy atom. The molecule has 0 unspecified atom stereocenters. The molecule has 0 atom stereocenters. The highest BCUT2D eigenvalue weighted by atomic mass is 35.5. The molecule has 0 bridgehead atoms. The summed E-state index contributed by atoms with van der Waals surface area (Å²) in [7, 11) is 1.65. The summed E-state index contributed by atoms with van der Waals surface area (Å²) in [4.78, 5) is 17.5. The Morgan fingerprint density at radius 3 is 3.05 bits per heavy atom. The first-order chi connectivity index (χ1) is 9.11. The van der Waals surface area contributed by atoms with E-state index in [1.807, 2.05) is 12.1 Å². The average molecular weight is 294 g/mol. The first kappa shape index (κ1) is 12.1. The van der Waals surface area contributed by atoms with Crippen molar-refractivity contribution in [3.8, 4) is 0 Å². The van der Waals surface area contributed by atoms with Crippen molar-refractivity contribution < 1.29 is 4.79 Å². The number of nitrogens with one attached hydrogen (secondary N) is 1. The first-order valence-electron chi connectivity index (χ1n) is 5.35. The number of fused-ring (bicyclic) bond motifs is 1. The highest BCUT2D eigenvalue weighted by molar-refractivity contribution is 7.22. The van der Waals surface area contributed by atoms with Crippen molar-refractivity contribution in [1.82, 2.24) is 20.0 Å². The van der Waals surface area contributed by atoms with Crippen LogP contribution in [0.2, 0.25) is 5.02 Å². The van der Waals surface area contributed by atoms with Gasteiger partial charge in [-0.2, -0.15) is 9.90 Å². The molecule has 1 amide bonds. The van der Waals surface area contributed by atoms with Gasteiger partial charge in [0.05, 0.1) is 16.4 Å². The molecule has 3 aromatic rings. The Bertz CT molecular complexity index is 765. The summed E-state index contributed by atoms with van der Waals surface area (Å²) < 4.78 is 0.918. The second-order valence-corrected chi connectivity index (χ2v) is 5.27. The lowest BCUT2D eigenvalue weighted by molar-refractivity contribution is 0.102. The monoisotopic (exact) mass is 293 g/mol. The normalized spacial score (nSPS) is 10.8. The number of hydrogen-bond acceptors (Lipinski definition) is 5. The minimum atomic E-state index is -0.335. The van der Waals surface area contributed by atoms with Crippen LogP contribution in [0.1, 0.15) is 10.5 Å². The van der Waals surface area contributed by atoms with E-state index < -0.39 is 0 Å². The molecule has 0 saturated heterocycles. The molecule has 0 spiro atoms. The highest BCUT2D eigenvalue weighted by Crippen LogP contribution is 2.28. The molecule has 6 nitrogen and oxygen atoms in total. The number of hydrogen-bond donors (Lipinski definition) is 1.